The maximum absolute atomic E-state index is 13.8. The Morgan fingerprint density at radius 1 is 1.00 bits per heavy atom. The molecule has 4 aromatic rings. The third-order valence-corrected chi connectivity index (χ3v) is 10.4. The number of halogens is 3. The van der Waals surface area contributed by atoms with E-state index < -0.39 is 56.3 Å². The van der Waals surface area contributed by atoms with Gasteiger partial charge in [0.05, 0.1) is 22.1 Å². The molecule has 0 saturated carbocycles. The Morgan fingerprint density at radius 2 is 1.61 bits per heavy atom. The number of amides is 1. The molecule has 238 valence electrons. The normalized spacial score (nSPS) is 17.0. The Hall–Kier alpha value is -4.96. The van der Waals surface area contributed by atoms with Gasteiger partial charge < -0.3 is 4.74 Å². The molecule has 5 rings (SSSR count). The molecule has 0 radical (unpaired) electrons. The number of nitro groups is 1. The zero-order valence-corrected chi connectivity index (χ0v) is 25.4. The zero-order chi connectivity index (χ0) is 33.6. The molecule has 0 bridgehead atoms. The van der Waals surface area contributed by atoms with Crippen LogP contribution in [0.15, 0.2) is 88.1 Å². The summed E-state index contributed by atoms with van der Waals surface area (Å²) in [7, 11) is -4.29. The lowest BCUT2D eigenvalue weighted by atomic mass is 9.86. The average Bonchev–Trinajstić information content (AvgIpc) is 3.60. The van der Waals surface area contributed by atoms with Gasteiger partial charge in [-0.2, -0.15) is 0 Å². The van der Waals surface area contributed by atoms with Crippen LogP contribution in [0.5, 0.6) is 5.75 Å². The monoisotopic (exact) mass is 673 g/mol. The highest BCUT2D eigenvalue weighted by Gasteiger charge is 2.53. The number of carbonyl (C=O) groups is 3. The number of non-ortho nitro benzene ring substituents is 1. The van der Waals surface area contributed by atoms with Gasteiger partial charge in [0.1, 0.15) is 15.9 Å². The van der Waals surface area contributed by atoms with Crippen LogP contribution < -0.4 is 9.64 Å². The van der Waals surface area contributed by atoms with Crippen molar-refractivity contribution >= 4 is 49.5 Å². The number of sulfone groups is 1. The Balaban J connectivity index is 1.57. The Bertz CT molecular complexity index is 1940. The number of hydrogen-bond acceptors (Lipinski definition) is 10. The van der Waals surface area contributed by atoms with Crippen LogP contribution in [0.25, 0.3) is 0 Å². The number of aromatic nitrogens is 1. The maximum Gasteiger partial charge on any atom is 0.573 e. The highest BCUT2D eigenvalue weighted by atomic mass is 32.2. The van der Waals surface area contributed by atoms with Crippen LogP contribution in [0.2, 0.25) is 0 Å². The van der Waals surface area contributed by atoms with E-state index in [1.54, 1.807) is 12.1 Å². The van der Waals surface area contributed by atoms with Gasteiger partial charge in [-0.25, -0.2) is 13.4 Å². The summed E-state index contributed by atoms with van der Waals surface area (Å²) in [5.41, 5.74) is 0.767. The molecule has 16 heteroatoms. The van der Waals surface area contributed by atoms with Crippen molar-refractivity contribution in [3.63, 3.8) is 0 Å². The molecule has 2 unspecified atom stereocenters. The van der Waals surface area contributed by atoms with Crippen LogP contribution >= 0.6 is 11.3 Å². The van der Waals surface area contributed by atoms with E-state index in [0.717, 1.165) is 65.2 Å². The second-order valence-electron chi connectivity index (χ2n) is 10.4. The van der Waals surface area contributed by atoms with Gasteiger partial charge in [-0.05, 0) is 41.3 Å². The predicted molar refractivity (Wildman–Crippen MR) is 157 cm³/mol. The third-order valence-electron chi connectivity index (χ3n) is 7.21. The number of Topliss-reactive ketones (excluding diaryl/α,β-unsaturated/α-hetero) is 2. The number of rotatable bonds is 9. The van der Waals surface area contributed by atoms with Crippen molar-refractivity contribution in [3.8, 4) is 5.75 Å². The van der Waals surface area contributed by atoms with Crippen molar-refractivity contribution in [2.75, 3.05) is 4.90 Å². The van der Waals surface area contributed by atoms with Crippen LogP contribution in [0.1, 0.15) is 47.3 Å². The van der Waals surface area contributed by atoms with Crippen LogP contribution in [-0.2, 0) is 19.4 Å². The van der Waals surface area contributed by atoms with Crippen LogP contribution in [0.4, 0.5) is 24.0 Å². The summed E-state index contributed by atoms with van der Waals surface area (Å²) in [6.45, 7) is 3.89. The number of ketones is 2. The van der Waals surface area contributed by atoms with E-state index in [1.807, 2.05) is 13.8 Å². The topological polar surface area (TPSA) is 154 Å². The van der Waals surface area contributed by atoms with E-state index >= 15 is 0 Å². The number of ether oxygens (including phenoxy) is 1. The fraction of sp³-hybridized carbons (Fsp3) is 0.200. The lowest BCUT2D eigenvalue weighted by Gasteiger charge is -2.25. The van der Waals surface area contributed by atoms with Gasteiger partial charge in [0.2, 0.25) is 15.6 Å². The maximum atomic E-state index is 13.8. The number of alkyl halides is 3. The summed E-state index contributed by atoms with van der Waals surface area (Å²) in [6.07, 6.45) is -4.05. The van der Waals surface area contributed by atoms with Crippen LogP contribution in [-0.4, -0.2) is 42.2 Å². The molecule has 2 heterocycles. The molecule has 1 amide bonds. The van der Waals surface area contributed by atoms with E-state index in [9.17, 15) is 46.1 Å². The molecule has 1 aliphatic rings. The average molecular weight is 674 g/mol. The van der Waals surface area contributed by atoms with Crippen molar-refractivity contribution < 1.29 is 45.6 Å². The molecule has 0 spiro atoms. The van der Waals surface area contributed by atoms with Crippen molar-refractivity contribution in [1.82, 2.24) is 4.98 Å². The highest BCUT2D eigenvalue weighted by molar-refractivity contribution is 7.93. The summed E-state index contributed by atoms with van der Waals surface area (Å²) >= 11 is 0.508. The zero-order valence-electron chi connectivity index (χ0n) is 23.8. The number of nitrogens with zero attached hydrogens (tertiary/aromatic N) is 3. The number of benzene rings is 3. The molecule has 3 aromatic carbocycles. The van der Waals surface area contributed by atoms with Gasteiger partial charge in [-0.1, -0.05) is 61.6 Å². The molecule has 1 saturated heterocycles. The molecule has 1 aliphatic heterocycles. The van der Waals surface area contributed by atoms with Gasteiger partial charge in [0, 0.05) is 17.7 Å². The number of anilines is 1. The number of thiazole rings is 1. The summed E-state index contributed by atoms with van der Waals surface area (Å²) in [5, 5.41) is 10.7. The Kier molecular flexibility index (Phi) is 8.53. The van der Waals surface area contributed by atoms with Crippen molar-refractivity contribution in [1.29, 1.82) is 0 Å². The highest BCUT2D eigenvalue weighted by Crippen LogP contribution is 2.44. The van der Waals surface area contributed by atoms with Gasteiger partial charge in [-0.15, -0.1) is 13.2 Å². The van der Waals surface area contributed by atoms with Gasteiger partial charge in [-0.3, -0.25) is 29.4 Å². The first-order valence-electron chi connectivity index (χ1n) is 13.4. The lowest BCUT2D eigenvalue weighted by molar-refractivity contribution is -0.384. The number of hydrogen-bond donors (Lipinski definition) is 0. The molecule has 46 heavy (non-hydrogen) atoms. The smallest absolute Gasteiger partial charge is 0.406 e. The quantitative estimate of drug-likeness (QED) is 0.0678. The lowest BCUT2D eigenvalue weighted by Crippen LogP contribution is -2.30. The first-order chi connectivity index (χ1) is 21.6. The Morgan fingerprint density at radius 3 is 2.15 bits per heavy atom. The van der Waals surface area contributed by atoms with E-state index in [0.29, 0.717) is 11.3 Å². The molecule has 1 aromatic heterocycles. The van der Waals surface area contributed by atoms with Crippen molar-refractivity contribution in [2.45, 2.75) is 41.3 Å². The van der Waals surface area contributed by atoms with Gasteiger partial charge >= 0.3 is 6.36 Å². The van der Waals surface area contributed by atoms with E-state index in [1.165, 1.54) is 12.1 Å². The molecule has 0 N–H and O–H groups in total. The van der Waals surface area contributed by atoms with E-state index in [4.69, 9.17) is 0 Å². The van der Waals surface area contributed by atoms with Crippen molar-refractivity contribution in [2.24, 2.45) is 5.92 Å². The molecular weight excluding hydrogens is 651 g/mol. The standard InChI is InChI=1S/C30H22F3N3O8S2/c1-16(2)17-3-5-19(6-4-17)26(37)24-25(18-7-11-21(12-8-18)44-30(31,32)33)35(28(39)27(24)38)29-34-15-23(45-29)46(42,43)22-13-9-20(10-14-22)36(40)41/h3-16,24-25H,1-2H3. The third kappa shape index (κ3) is 6.25. The molecule has 11 nitrogen and oxygen atoms in total. The fourth-order valence-corrected chi connectivity index (χ4v) is 7.46. The number of carbonyl (C=O) groups excluding carboxylic acids is 3. The second-order valence-corrected chi connectivity index (χ2v) is 13.6. The first kappa shape index (κ1) is 32.4. The molecule has 0 aliphatic carbocycles. The molecule has 1 fully saturated rings. The largest absolute Gasteiger partial charge is 0.573 e. The van der Waals surface area contributed by atoms with E-state index in [2.05, 4.69) is 9.72 Å². The van der Waals surface area contributed by atoms with Gasteiger partial charge in [0.15, 0.2) is 10.9 Å². The minimum absolute atomic E-state index is 0.0841. The second kappa shape index (κ2) is 12.1. The van der Waals surface area contributed by atoms with Crippen molar-refractivity contribution in [3.05, 3.63) is 106 Å². The SMILES string of the molecule is CC(C)c1ccc(C(=O)C2C(=O)C(=O)N(c3ncc(S(=O)(=O)c4ccc([N+](=O)[O-])cc4)s3)C2c2ccc(OC(F)(F)F)cc2)cc1. The summed E-state index contributed by atoms with van der Waals surface area (Å²) in [4.78, 5) is 55.6. The number of nitro benzene ring substituents is 1. The van der Waals surface area contributed by atoms with E-state index in [-0.39, 0.29) is 37.0 Å². The minimum Gasteiger partial charge on any atom is -0.406 e. The molecule has 2 atom stereocenters. The van der Waals surface area contributed by atoms with Gasteiger partial charge in [0.25, 0.3) is 11.6 Å². The van der Waals surface area contributed by atoms with Crippen LogP contribution in [0, 0.1) is 16.0 Å². The first-order valence-corrected chi connectivity index (χ1v) is 15.7. The molecular formula is C30H22F3N3O8S2. The predicted octanol–water partition coefficient (Wildman–Crippen LogP) is 6.06. The fourth-order valence-electron chi connectivity index (χ4n) is 4.91. The Labute approximate surface area is 263 Å². The summed E-state index contributed by atoms with van der Waals surface area (Å²) < 4.78 is 68.5. The van der Waals surface area contributed by atoms with Crippen LogP contribution in [0.3, 0.4) is 0 Å². The summed E-state index contributed by atoms with van der Waals surface area (Å²) in [6, 6.07) is 13.3. The summed E-state index contributed by atoms with van der Waals surface area (Å²) in [5.74, 6) is -5.12. The minimum atomic E-state index is -4.99.